The minimum atomic E-state index is -0.525. The molecule has 1 saturated heterocycles. The molecule has 1 aromatic heterocycles. The molecule has 1 aliphatic rings. The Kier molecular flexibility index (Phi) is 6.97. The first-order valence-corrected chi connectivity index (χ1v) is 7.53. The molecule has 2 rings (SSSR count). The van der Waals surface area contributed by atoms with Crippen molar-refractivity contribution in [2.75, 3.05) is 6.54 Å². The molecule has 1 amide bonds. The molecule has 1 aliphatic heterocycles. The number of amides is 1. The van der Waals surface area contributed by atoms with Crippen molar-refractivity contribution in [3.63, 3.8) is 0 Å². The van der Waals surface area contributed by atoms with E-state index in [0.717, 1.165) is 12.8 Å². The van der Waals surface area contributed by atoms with Crippen LogP contribution in [0.5, 0.6) is 0 Å². The van der Waals surface area contributed by atoms with Crippen molar-refractivity contribution in [2.24, 2.45) is 11.7 Å². The highest BCUT2D eigenvalue weighted by molar-refractivity contribution is 5.90. The first-order chi connectivity index (χ1) is 10.0. The largest absolute Gasteiger partial charge is 1.00 e. The van der Waals surface area contributed by atoms with E-state index in [1.54, 1.807) is 4.90 Å². The van der Waals surface area contributed by atoms with Gasteiger partial charge in [-0.2, -0.15) is 4.57 Å². The standard InChI is InChI=1S/C16H24N3O2.ClH/c1-12(2)15(17)16(21)19-10-6-7-13(19)14(20)11-18-8-4-3-5-9-18;/h3-5,8-9,12-13,15H,6-7,10-11,17H2,1-2H3;1H/q+1;/p-1. The van der Waals surface area contributed by atoms with E-state index in [0.29, 0.717) is 13.1 Å². The number of halogens is 1. The van der Waals surface area contributed by atoms with Gasteiger partial charge in [0.1, 0.15) is 0 Å². The maximum atomic E-state index is 12.5. The Balaban J connectivity index is 0.00000242. The third-order valence-electron chi connectivity index (χ3n) is 4.03. The van der Waals surface area contributed by atoms with E-state index in [1.807, 2.05) is 49.0 Å². The molecule has 2 unspecified atom stereocenters. The molecule has 1 aromatic rings. The van der Waals surface area contributed by atoms with Crippen LogP contribution >= 0.6 is 0 Å². The van der Waals surface area contributed by atoms with E-state index in [2.05, 4.69) is 0 Å². The van der Waals surface area contributed by atoms with Crippen molar-refractivity contribution in [2.45, 2.75) is 45.3 Å². The second-order valence-electron chi connectivity index (χ2n) is 5.97. The lowest BCUT2D eigenvalue weighted by Crippen LogP contribution is -3.00. The third-order valence-corrected chi connectivity index (χ3v) is 4.03. The van der Waals surface area contributed by atoms with Gasteiger partial charge in [-0.15, -0.1) is 0 Å². The number of hydrogen-bond acceptors (Lipinski definition) is 3. The SMILES string of the molecule is CC(C)C(N)C(=O)N1CCCC1C(=O)C[n+]1ccccc1.[Cl-]. The van der Waals surface area contributed by atoms with Gasteiger partial charge >= 0.3 is 0 Å². The smallest absolute Gasteiger partial charge is 0.240 e. The summed E-state index contributed by atoms with van der Waals surface area (Å²) < 4.78 is 1.84. The predicted octanol–water partition coefficient (Wildman–Crippen LogP) is -2.48. The highest BCUT2D eigenvalue weighted by Gasteiger charge is 2.37. The van der Waals surface area contributed by atoms with Crippen LogP contribution < -0.4 is 22.7 Å². The molecule has 122 valence electrons. The van der Waals surface area contributed by atoms with Gasteiger partial charge in [0.15, 0.2) is 12.4 Å². The lowest BCUT2D eigenvalue weighted by Gasteiger charge is -2.27. The molecule has 0 radical (unpaired) electrons. The average molecular weight is 326 g/mol. The summed E-state index contributed by atoms with van der Waals surface area (Å²) in [5.74, 6) is 0.0595. The molecule has 1 fully saturated rings. The zero-order chi connectivity index (χ0) is 15.4. The van der Waals surface area contributed by atoms with Gasteiger partial charge in [0.25, 0.3) is 0 Å². The zero-order valence-corrected chi connectivity index (χ0v) is 13.9. The fourth-order valence-electron chi connectivity index (χ4n) is 2.67. The lowest BCUT2D eigenvalue weighted by atomic mass is 10.0. The van der Waals surface area contributed by atoms with E-state index in [9.17, 15) is 9.59 Å². The molecule has 6 heteroatoms. The molecule has 2 atom stereocenters. The van der Waals surface area contributed by atoms with Crippen LogP contribution in [0.25, 0.3) is 0 Å². The second-order valence-corrected chi connectivity index (χ2v) is 5.97. The van der Waals surface area contributed by atoms with E-state index >= 15 is 0 Å². The van der Waals surface area contributed by atoms with Gasteiger partial charge in [-0.25, -0.2) is 0 Å². The Morgan fingerprint density at radius 3 is 2.50 bits per heavy atom. The molecule has 22 heavy (non-hydrogen) atoms. The van der Waals surface area contributed by atoms with Gasteiger partial charge < -0.3 is 23.0 Å². The predicted molar refractivity (Wildman–Crippen MR) is 79.2 cm³/mol. The number of nitrogens with two attached hydrogens (primary N) is 1. The van der Waals surface area contributed by atoms with Gasteiger partial charge in [-0.3, -0.25) is 9.59 Å². The molecule has 0 bridgehead atoms. The topological polar surface area (TPSA) is 67.3 Å². The number of Topliss-reactive ketones (excluding diaryl/α,β-unsaturated/α-hetero) is 1. The summed E-state index contributed by atoms with van der Waals surface area (Å²) in [6.07, 6.45) is 5.33. The highest BCUT2D eigenvalue weighted by atomic mass is 35.5. The van der Waals surface area contributed by atoms with Crippen LogP contribution in [0, 0.1) is 5.92 Å². The van der Waals surface area contributed by atoms with Crippen LogP contribution in [0.3, 0.4) is 0 Å². The first kappa shape index (κ1) is 18.6. The van der Waals surface area contributed by atoms with E-state index < -0.39 is 6.04 Å². The van der Waals surface area contributed by atoms with Gasteiger partial charge in [-0.1, -0.05) is 19.9 Å². The summed E-state index contributed by atoms with van der Waals surface area (Å²) in [7, 11) is 0. The average Bonchev–Trinajstić information content (AvgIpc) is 2.96. The van der Waals surface area contributed by atoms with Crippen LogP contribution in [-0.4, -0.2) is 35.2 Å². The summed E-state index contributed by atoms with van der Waals surface area (Å²) in [5.41, 5.74) is 5.95. The van der Waals surface area contributed by atoms with Gasteiger partial charge in [-0.05, 0) is 18.8 Å². The van der Waals surface area contributed by atoms with Crippen molar-refractivity contribution in [1.29, 1.82) is 0 Å². The number of carbonyl (C=O) groups is 2. The van der Waals surface area contributed by atoms with Crippen molar-refractivity contribution >= 4 is 11.7 Å². The van der Waals surface area contributed by atoms with Crippen LogP contribution in [0.15, 0.2) is 30.6 Å². The van der Waals surface area contributed by atoms with Crippen LogP contribution in [0.2, 0.25) is 0 Å². The summed E-state index contributed by atoms with van der Waals surface area (Å²) in [4.78, 5) is 26.5. The number of pyridine rings is 1. The van der Waals surface area contributed by atoms with Gasteiger partial charge in [0.2, 0.25) is 18.2 Å². The van der Waals surface area contributed by atoms with E-state index in [-0.39, 0.29) is 36.1 Å². The Bertz CT molecular complexity index is 507. The molecule has 5 nitrogen and oxygen atoms in total. The van der Waals surface area contributed by atoms with Crippen LogP contribution in [0.1, 0.15) is 26.7 Å². The van der Waals surface area contributed by atoms with Crippen molar-refractivity contribution in [3.05, 3.63) is 30.6 Å². The normalized spacial score (nSPS) is 18.9. The number of ketones is 1. The Labute approximate surface area is 137 Å². The summed E-state index contributed by atoms with van der Waals surface area (Å²) in [6, 6.07) is 4.84. The number of aromatic nitrogens is 1. The molecular formula is C16H24ClN3O2. The van der Waals surface area contributed by atoms with Gasteiger partial charge in [0.05, 0.1) is 12.1 Å². The second kappa shape index (κ2) is 8.25. The molecule has 0 aromatic carbocycles. The summed E-state index contributed by atoms with van der Waals surface area (Å²) >= 11 is 0. The highest BCUT2D eigenvalue weighted by Crippen LogP contribution is 2.20. The lowest BCUT2D eigenvalue weighted by molar-refractivity contribution is -0.684. The number of nitrogens with zero attached hydrogens (tertiary/aromatic N) is 2. The Morgan fingerprint density at radius 2 is 1.91 bits per heavy atom. The monoisotopic (exact) mass is 325 g/mol. The number of rotatable bonds is 5. The molecule has 0 saturated carbocycles. The molecule has 0 aliphatic carbocycles. The van der Waals surface area contributed by atoms with Crippen molar-refractivity contribution < 1.29 is 26.6 Å². The maximum absolute atomic E-state index is 12.5. The van der Waals surface area contributed by atoms with Crippen molar-refractivity contribution in [1.82, 2.24) is 4.90 Å². The summed E-state index contributed by atoms with van der Waals surface area (Å²) in [6.45, 7) is 4.78. The quantitative estimate of drug-likeness (QED) is 0.610. The Morgan fingerprint density at radius 1 is 1.27 bits per heavy atom. The molecular weight excluding hydrogens is 302 g/mol. The van der Waals surface area contributed by atoms with E-state index in [4.69, 9.17) is 5.73 Å². The number of hydrogen-bond donors (Lipinski definition) is 1. The minimum Gasteiger partial charge on any atom is -1.00 e. The Hall–Kier alpha value is -1.46. The summed E-state index contributed by atoms with van der Waals surface area (Å²) in [5, 5.41) is 0. The third kappa shape index (κ3) is 4.27. The van der Waals surface area contributed by atoms with Gasteiger partial charge in [0, 0.05) is 18.7 Å². The van der Waals surface area contributed by atoms with Crippen LogP contribution in [0.4, 0.5) is 0 Å². The molecule has 2 heterocycles. The van der Waals surface area contributed by atoms with Crippen LogP contribution in [-0.2, 0) is 16.1 Å². The number of likely N-dealkylation sites (tertiary alicyclic amines) is 1. The fourth-order valence-corrected chi connectivity index (χ4v) is 2.67. The minimum absolute atomic E-state index is 0. The molecule has 2 N–H and O–H groups in total. The first-order valence-electron chi connectivity index (χ1n) is 7.53. The van der Waals surface area contributed by atoms with E-state index in [1.165, 1.54) is 0 Å². The fraction of sp³-hybridized carbons (Fsp3) is 0.562. The molecule has 0 spiro atoms. The zero-order valence-electron chi connectivity index (χ0n) is 13.1. The number of carbonyl (C=O) groups excluding carboxylic acids is 2. The van der Waals surface area contributed by atoms with Crippen molar-refractivity contribution in [3.8, 4) is 0 Å². The maximum Gasteiger partial charge on any atom is 0.240 e.